The smallest absolute Gasteiger partial charge is 0.162 e. The number of rotatable bonds is 6. The molecular weight excluding hydrogens is 230 g/mol. The highest BCUT2D eigenvalue weighted by Crippen LogP contribution is 2.14. The largest absolute Gasteiger partial charge is 0.468 e. The normalized spacial score (nSPS) is 11.2. The summed E-state index contributed by atoms with van der Waals surface area (Å²) in [6.45, 7) is 7.58. The van der Waals surface area contributed by atoms with Gasteiger partial charge < -0.3 is 15.0 Å². The molecule has 2 rings (SSSR count). The minimum Gasteiger partial charge on any atom is -0.468 e. The summed E-state index contributed by atoms with van der Waals surface area (Å²) in [5.74, 6) is 1.33. The fourth-order valence-corrected chi connectivity index (χ4v) is 1.44. The molecule has 0 atom stereocenters. The van der Waals surface area contributed by atoms with Gasteiger partial charge in [0, 0.05) is 0 Å². The van der Waals surface area contributed by atoms with Crippen LogP contribution >= 0.6 is 0 Å². The predicted octanol–water partition coefficient (Wildman–Crippen LogP) is 1.99. The van der Waals surface area contributed by atoms with Gasteiger partial charge >= 0.3 is 0 Å². The van der Waals surface area contributed by atoms with Gasteiger partial charge in [-0.05, 0) is 6.08 Å². The number of H-pyrrole nitrogens is 1. The lowest BCUT2D eigenvalue weighted by Crippen LogP contribution is -2.07. The maximum atomic E-state index is 5.22. The average molecular weight is 243 g/mol. The Morgan fingerprint density at radius 1 is 1.39 bits per heavy atom. The van der Waals surface area contributed by atoms with E-state index in [2.05, 4.69) is 38.4 Å². The number of nitrogens with one attached hydrogen (secondary N) is 2. The van der Waals surface area contributed by atoms with Crippen molar-refractivity contribution in [2.24, 2.45) is 0 Å². The monoisotopic (exact) mass is 243 g/mol. The van der Waals surface area contributed by atoms with E-state index in [0.29, 0.717) is 29.3 Å². The molecule has 2 heterocycles. The molecule has 0 spiro atoms. The summed E-state index contributed by atoms with van der Waals surface area (Å²) in [6.07, 6.45) is 7.79. The quantitative estimate of drug-likeness (QED) is 0.599. The number of fused-ring (bicyclic) bond motifs is 1. The fourth-order valence-electron chi connectivity index (χ4n) is 1.44. The Balaban J connectivity index is 2.14. The fraction of sp³-hybridized carbons (Fsp3) is 0.0833. The number of anilines is 1. The number of nitrogens with zero attached hydrogens (tertiary/aromatic N) is 3. The number of ether oxygens (including phenoxy) is 1. The summed E-state index contributed by atoms with van der Waals surface area (Å²) in [4.78, 5) is 15.2. The first kappa shape index (κ1) is 11.8. The number of aromatic nitrogens is 4. The van der Waals surface area contributed by atoms with E-state index in [1.165, 1.54) is 12.6 Å². The second-order valence-electron chi connectivity index (χ2n) is 3.33. The van der Waals surface area contributed by atoms with Crippen LogP contribution in [-0.2, 0) is 4.74 Å². The summed E-state index contributed by atoms with van der Waals surface area (Å²) in [7, 11) is 0. The number of aromatic amines is 1. The van der Waals surface area contributed by atoms with E-state index < -0.39 is 0 Å². The molecule has 6 heteroatoms. The van der Waals surface area contributed by atoms with Crippen molar-refractivity contribution in [1.82, 2.24) is 19.9 Å². The van der Waals surface area contributed by atoms with Crippen LogP contribution in [-0.4, -0.2) is 26.5 Å². The number of hydrogen-bond acceptors (Lipinski definition) is 5. The van der Waals surface area contributed by atoms with E-state index in [9.17, 15) is 0 Å². The maximum absolute atomic E-state index is 5.22. The first-order valence-electron chi connectivity index (χ1n) is 5.32. The molecule has 0 unspecified atom stereocenters. The van der Waals surface area contributed by atoms with Crippen LogP contribution in [0.25, 0.3) is 11.2 Å². The van der Waals surface area contributed by atoms with Crippen LogP contribution in [0.5, 0.6) is 0 Å². The third kappa shape index (κ3) is 2.54. The van der Waals surface area contributed by atoms with Crippen molar-refractivity contribution >= 4 is 17.0 Å². The molecule has 0 fully saturated rings. The number of hydrogen-bond donors (Lipinski definition) is 2. The zero-order valence-electron chi connectivity index (χ0n) is 9.76. The first-order chi connectivity index (χ1) is 8.85. The van der Waals surface area contributed by atoms with Gasteiger partial charge in [0.25, 0.3) is 0 Å². The van der Waals surface area contributed by atoms with Gasteiger partial charge in [-0.25, -0.2) is 15.0 Å². The zero-order valence-corrected chi connectivity index (χ0v) is 9.76. The van der Waals surface area contributed by atoms with Crippen LogP contribution in [0.3, 0.4) is 0 Å². The summed E-state index contributed by atoms with van der Waals surface area (Å²) in [6, 6.07) is 0. The van der Waals surface area contributed by atoms with Gasteiger partial charge in [-0.1, -0.05) is 19.2 Å². The molecule has 18 heavy (non-hydrogen) atoms. The van der Waals surface area contributed by atoms with E-state index in [1.807, 2.05) is 0 Å². The molecule has 0 saturated carbocycles. The highest BCUT2D eigenvalue weighted by molar-refractivity contribution is 5.81. The van der Waals surface area contributed by atoms with E-state index in [4.69, 9.17) is 4.74 Å². The summed E-state index contributed by atoms with van der Waals surface area (Å²) in [5.41, 5.74) is 1.38. The molecule has 0 bridgehead atoms. The topological polar surface area (TPSA) is 75.7 Å². The Morgan fingerprint density at radius 2 is 2.28 bits per heavy atom. The standard InChI is InChI=1S/C12H13N5O/c1-3-5-9(18-4-2)6-13-11-10-12(15-7-14-10)17-8-16-11/h3-5,7-8H,1-2,6H2,(H2,13,14,15,16,17)/b9-5-. The van der Waals surface area contributed by atoms with Gasteiger partial charge in [0.15, 0.2) is 11.5 Å². The van der Waals surface area contributed by atoms with Crippen LogP contribution in [0.4, 0.5) is 5.82 Å². The highest BCUT2D eigenvalue weighted by atomic mass is 16.5. The summed E-state index contributed by atoms with van der Waals surface area (Å²) in [5, 5.41) is 3.12. The van der Waals surface area contributed by atoms with Crippen LogP contribution in [0, 0.1) is 0 Å². The third-order valence-electron chi connectivity index (χ3n) is 2.19. The lowest BCUT2D eigenvalue weighted by Gasteiger charge is -2.08. The average Bonchev–Trinajstić information content (AvgIpc) is 2.85. The highest BCUT2D eigenvalue weighted by Gasteiger charge is 2.06. The Bertz CT molecular complexity index is 587. The molecule has 0 saturated heterocycles. The molecule has 92 valence electrons. The van der Waals surface area contributed by atoms with Crippen molar-refractivity contribution in [3.05, 3.63) is 50.0 Å². The van der Waals surface area contributed by atoms with Crippen molar-refractivity contribution in [2.45, 2.75) is 0 Å². The lowest BCUT2D eigenvalue weighted by atomic mass is 10.4. The molecule has 0 aliphatic heterocycles. The van der Waals surface area contributed by atoms with Crippen LogP contribution in [0.2, 0.25) is 0 Å². The van der Waals surface area contributed by atoms with Crippen molar-refractivity contribution in [1.29, 1.82) is 0 Å². The van der Waals surface area contributed by atoms with E-state index in [0.717, 1.165) is 0 Å². The van der Waals surface area contributed by atoms with Gasteiger partial charge in [0.05, 0.1) is 19.1 Å². The molecule has 0 aliphatic rings. The van der Waals surface area contributed by atoms with Crippen molar-refractivity contribution in [2.75, 3.05) is 11.9 Å². The van der Waals surface area contributed by atoms with Gasteiger partial charge in [0.2, 0.25) is 0 Å². The summed E-state index contributed by atoms with van der Waals surface area (Å²) < 4.78 is 5.22. The van der Waals surface area contributed by atoms with Crippen molar-refractivity contribution in [3.8, 4) is 0 Å². The Morgan fingerprint density at radius 3 is 3.06 bits per heavy atom. The minimum atomic E-state index is 0.455. The van der Waals surface area contributed by atoms with E-state index in [1.54, 1.807) is 18.5 Å². The Kier molecular flexibility index (Phi) is 3.70. The zero-order chi connectivity index (χ0) is 12.8. The summed E-state index contributed by atoms with van der Waals surface area (Å²) >= 11 is 0. The van der Waals surface area contributed by atoms with Gasteiger partial charge in [-0.3, -0.25) is 0 Å². The van der Waals surface area contributed by atoms with E-state index >= 15 is 0 Å². The maximum Gasteiger partial charge on any atom is 0.162 e. The molecule has 2 aromatic rings. The molecular formula is C12H13N5O. The number of allylic oxidation sites excluding steroid dienone is 2. The Labute approximate surface area is 104 Å². The molecule has 0 radical (unpaired) electrons. The second kappa shape index (κ2) is 5.62. The van der Waals surface area contributed by atoms with Gasteiger partial charge in [-0.15, -0.1) is 0 Å². The van der Waals surface area contributed by atoms with Gasteiger partial charge in [0.1, 0.15) is 17.6 Å². The van der Waals surface area contributed by atoms with Gasteiger partial charge in [-0.2, -0.15) is 0 Å². The van der Waals surface area contributed by atoms with Crippen LogP contribution < -0.4 is 5.32 Å². The molecule has 0 aliphatic carbocycles. The Hall–Kier alpha value is -2.63. The molecule has 2 N–H and O–H groups in total. The second-order valence-corrected chi connectivity index (χ2v) is 3.33. The molecule has 0 aromatic carbocycles. The first-order valence-corrected chi connectivity index (χ1v) is 5.32. The lowest BCUT2D eigenvalue weighted by molar-refractivity contribution is 0.350. The van der Waals surface area contributed by atoms with Crippen LogP contribution in [0.15, 0.2) is 50.0 Å². The predicted molar refractivity (Wildman–Crippen MR) is 69.7 cm³/mol. The van der Waals surface area contributed by atoms with E-state index in [-0.39, 0.29) is 0 Å². The molecule has 6 nitrogen and oxygen atoms in total. The number of imidazole rings is 1. The minimum absolute atomic E-state index is 0.455. The molecule has 2 aromatic heterocycles. The third-order valence-corrected chi connectivity index (χ3v) is 2.19. The van der Waals surface area contributed by atoms with Crippen molar-refractivity contribution in [3.63, 3.8) is 0 Å². The van der Waals surface area contributed by atoms with Crippen LogP contribution in [0.1, 0.15) is 0 Å². The molecule has 0 amide bonds. The SMILES string of the molecule is C=C/C=C(/CNc1ncnc2[nH]cnc12)OC=C. The van der Waals surface area contributed by atoms with Crippen molar-refractivity contribution < 1.29 is 4.74 Å².